The van der Waals surface area contributed by atoms with Crippen LogP contribution in [0.15, 0.2) is 48.5 Å². The molecule has 1 atom stereocenters. The average molecular weight is 333 g/mol. The van der Waals surface area contributed by atoms with Gasteiger partial charge in [0.2, 0.25) is 0 Å². The van der Waals surface area contributed by atoms with E-state index in [2.05, 4.69) is 35.5 Å². The number of hydrogen-bond acceptors (Lipinski definition) is 3. The van der Waals surface area contributed by atoms with Crippen LogP contribution < -0.4 is 5.32 Å². The third-order valence-corrected chi connectivity index (χ3v) is 4.46. The van der Waals surface area contributed by atoms with E-state index >= 15 is 0 Å². The second-order valence-corrected chi connectivity index (χ2v) is 6.37. The maximum Gasteiger partial charge on any atom is 0.407 e. The largest absolute Gasteiger partial charge is 0.449 e. The second-order valence-electron chi connectivity index (χ2n) is 6.37. The van der Waals surface area contributed by atoms with Gasteiger partial charge in [0.25, 0.3) is 0 Å². The second kappa shape index (κ2) is 6.82. The summed E-state index contributed by atoms with van der Waals surface area (Å²) < 4.78 is 5.41. The Morgan fingerprint density at radius 3 is 2.28 bits per heavy atom. The molecule has 0 fully saturated rings. The molecule has 1 aliphatic carbocycles. The number of alkyl carbamates (subject to hydrolysis) is 1. The van der Waals surface area contributed by atoms with Crippen molar-refractivity contribution >= 4 is 12.4 Å². The molecule has 4 nitrogen and oxygen atoms in total. The molecule has 0 bridgehead atoms. The Bertz CT molecular complexity index is 807. The lowest BCUT2D eigenvalue weighted by Gasteiger charge is -2.22. The SMILES string of the molecule is C#CC[C@](C)(C=O)NC(=O)OCC1c2ccccc2-c2ccccc21. The van der Waals surface area contributed by atoms with Crippen LogP contribution >= 0.6 is 0 Å². The molecular formula is C21H19NO3. The first-order chi connectivity index (χ1) is 12.1. The van der Waals surface area contributed by atoms with Crippen molar-refractivity contribution in [3.63, 3.8) is 0 Å². The molecule has 0 aromatic heterocycles. The van der Waals surface area contributed by atoms with Crippen LogP contribution in [0.4, 0.5) is 4.79 Å². The highest BCUT2D eigenvalue weighted by molar-refractivity contribution is 5.79. The Morgan fingerprint density at radius 2 is 1.76 bits per heavy atom. The molecule has 126 valence electrons. The van der Waals surface area contributed by atoms with Crippen molar-refractivity contribution in [2.75, 3.05) is 6.61 Å². The van der Waals surface area contributed by atoms with Crippen LogP contribution in [0.5, 0.6) is 0 Å². The summed E-state index contributed by atoms with van der Waals surface area (Å²) in [5, 5.41) is 2.54. The molecule has 1 aliphatic rings. The molecule has 0 saturated carbocycles. The first-order valence-electron chi connectivity index (χ1n) is 8.11. The van der Waals surface area contributed by atoms with Gasteiger partial charge in [-0.3, -0.25) is 0 Å². The van der Waals surface area contributed by atoms with Gasteiger partial charge in [-0.15, -0.1) is 12.3 Å². The van der Waals surface area contributed by atoms with Crippen LogP contribution in [0.1, 0.15) is 30.4 Å². The van der Waals surface area contributed by atoms with Gasteiger partial charge in [-0.25, -0.2) is 4.79 Å². The predicted molar refractivity (Wildman–Crippen MR) is 96.1 cm³/mol. The van der Waals surface area contributed by atoms with Gasteiger partial charge in [0.15, 0.2) is 0 Å². The zero-order valence-electron chi connectivity index (χ0n) is 14.0. The summed E-state index contributed by atoms with van der Waals surface area (Å²) in [5.41, 5.74) is 3.49. The lowest BCUT2D eigenvalue weighted by molar-refractivity contribution is -0.112. The molecule has 0 heterocycles. The first-order valence-corrected chi connectivity index (χ1v) is 8.11. The van der Waals surface area contributed by atoms with Crippen LogP contribution in [0.2, 0.25) is 0 Å². The first kappa shape index (κ1) is 16.8. The standard InChI is InChI=1S/C21H19NO3/c1-3-12-21(2,14-23)22-20(24)25-13-19-17-10-6-4-8-15(17)16-9-5-7-11-18(16)19/h1,4-11,14,19H,12-13H2,2H3,(H,22,24)/t21-/m1/s1. The molecule has 3 rings (SSSR count). The quantitative estimate of drug-likeness (QED) is 0.673. The zero-order chi connectivity index (χ0) is 17.9. The van der Waals surface area contributed by atoms with E-state index in [1.54, 1.807) is 6.92 Å². The molecule has 4 heteroatoms. The maximum atomic E-state index is 12.1. The number of carbonyl (C=O) groups is 2. The fraction of sp³-hybridized carbons (Fsp3) is 0.238. The third kappa shape index (κ3) is 3.27. The van der Waals surface area contributed by atoms with E-state index in [1.165, 1.54) is 0 Å². The summed E-state index contributed by atoms with van der Waals surface area (Å²) in [4.78, 5) is 23.3. The Balaban J connectivity index is 1.75. The number of fused-ring (bicyclic) bond motifs is 3. The van der Waals surface area contributed by atoms with E-state index < -0.39 is 11.6 Å². The van der Waals surface area contributed by atoms with Gasteiger partial charge in [0, 0.05) is 12.3 Å². The van der Waals surface area contributed by atoms with Crippen LogP contribution in [0.3, 0.4) is 0 Å². The molecule has 0 radical (unpaired) electrons. The molecule has 0 aliphatic heterocycles. The summed E-state index contributed by atoms with van der Waals surface area (Å²) in [6.45, 7) is 1.77. The fourth-order valence-electron chi connectivity index (χ4n) is 3.19. The normalized spacial score (nSPS) is 14.6. The highest BCUT2D eigenvalue weighted by Crippen LogP contribution is 2.44. The van der Waals surface area contributed by atoms with Gasteiger partial charge in [0.1, 0.15) is 18.4 Å². The van der Waals surface area contributed by atoms with Crippen molar-refractivity contribution in [2.45, 2.75) is 24.8 Å². The fourth-order valence-corrected chi connectivity index (χ4v) is 3.19. The number of carbonyl (C=O) groups excluding carboxylic acids is 2. The number of rotatable bonds is 5. The number of terminal acetylenes is 1. The van der Waals surface area contributed by atoms with Crippen LogP contribution in [0, 0.1) is 12.3 Å². The van der Waals surface area contributed by atoms with Crippen molar-refractivity contribution in [2.24, 2.45) is 0 Å². The number of hydrogen-bond donors (Lipinski definition) is 1. The lowest BCUT2D eigenvalue weighted by atomic mass is 9.98. The minimum atomic E-state index is -1.11. The molecule has 2 aromatic rings. The summed E-state index contributed by atoms with van der Waals surface area (Å²) in [5.74, 6) is 2.37. The minimum absolute atomic E-state index is 0.0201. The summed E-state index contributed by atoms with van der Waals surface area (Å²) in [7, 11) is 0. The number of amides is 1. The monoisotopic (exact) mass is 333 g/mol. The van der Waals surface area contributed by atoms with E-state index in [-0.39, 0.29) is 18.9 Å². The topological polar surface area (TPSA) is 55.4 Å². The van der Waals surface area contributed by atoms with E-state index in [9.17, 15) is 9.59 Å². The number of ether oxygens (including phenoxy) is 1. The van der Waals surface area contributed by atoms with Gasteiger partial charge in [-0.1, -0.05) is 48.5 Å². The van der Waals surface area contributed by atoms with E-state index in [0.29, 0.717) is 6.29 Å². The highest BCUT2D eigenvalue weighted by atomic mass is 16.5. The molecule has 1 N–H and O–H groups in total. The van der Waals surface area contributed by atoms with Crippen molar-refractivity contribution in [3.8, 4) is 23.5 Å². The van der Waals surface area contributed by atoms with Gasteiger partial charge >= 0.3 is 6.09 Å². The molecule has 1 amide bonds. The zero-order valence-corrected chi connectivity index (χ0v) is 14.0. The summed E-state index contributed by atoms with van der Waals surface area (Å²) in [6, 6.07) is 16.2. The number of benzene rings is 2. The van der Waals surface area contributed by atoms with Gasteiger partial charge in [-0.05, 0) is 29.2 Å². The maximum absolute atomic E-state index is 12.1. The highest BCUT2D eigenvalue weighted by Gasteiger charge is 2.30. The van der Waals surface area contributed by atoms with E-state index in [4.69, 9.17) is 11.2 Å². The van der Waals surface area contributed by atoms with Crippen LogP contribution in [-0.2, 0) is 9.53 Å². The van der Waals surface area contributed by atoms with Crippen molar-refractivity contribution in [1.29, 1.82) is 0 Å². The minimum Gasteiger partial charge on any atom is -0.449 e. The van der Waals surface area contributed by atoms with E-state index in [1.807, 2.05) is 24.3 Å². The molecular weight excluding hydrogens is 314 g/mol. The number of nitrogens with one attached hydrogen (secondary N) is 1. The molecule has 0 unspecified atom stereocenters. The van der Waals surface area contributed by atoms with Gasteiger partial charge in [0.05, 0.1) is 0 Å². The summed E-state index contributed by atoms with van der Waals surface area (Å²) in [6.07, 6.45) is 5.34. The lowest BCUT2D eigenvalue weighted by Crippen LogP contribution is -2.47. The Labute approximate surface area is 147 Å². The Kier molecular flexibility index (Phi) is 4.58. The third-order valence-electron chi connectivity index (χ3n) is 4.46. The van der Waals surface area contributed by atoms with Crippen molar-refractivity contribution < 1.29 is 14.3 Å². The number of aldehydes is 1. The van der Waals surface area contributed by atoms with Crippen LogP contribution in [0.25, 0.3) is 11.1 Å². The van der Waals surface area contributed by atoms with Crippen molar-refractivity contribution in [3.05, 3.63) is 59.7 Å². The predicted octanol–water partition coefficient (Wildman–Crippen LogP) is 3.51. The molecule has 25 heavy (non-hydrogen) atoms. The van der Waals surface area contributed by atoms with E-state index in [0.717, 1.165) is 22.3 Å². The Morgan fingerprint density at radius 1 is 1.20 bits per heavy atom. The summed E-state index contributed by atoms with van der Waals surface area (Å²) >= 11 is 0. The Hall–Kier alpha value is -3.06. The smallest absolute Gasteiger partial charge is 0.407 e. The van der Waals surface area contributed by atoms with Crippen molar-refractivity contribution in [1.82, 2.24) is 5.32 Å². The average Bonchev–Trinajstić information content (AvgIpc) is 2.94. The molecule has 2 aromatic carbocycles. The van der Waals surface area contributed by atoms with Gasteiger partial charge < -0.3 is 14.8 Å². The molecule has 0 saturated heterocycles. The van der Waals surface area contributed by atoms with Crippen LogP contribution in [-0.4, -0.2) is 24.5 Å². The van der Waals surface area contributed by atoms with Gasteiger partial charge in [-0.2, -0.15) is 0 Å². The molecule has 0 spiro atoms.